The van der Waals surface area contributed by atoms with E-state index >= 15 is 0 Å². The predicted octanol–water partition coefficient (Wildman–Crippen LogP) is 2.41. The SMILES string of the molecule is Cc1ccn(CC(=O)N2CCC(C3CCN(CC(C)C)CC3)C2)n1. The lowest BCUT2D eigenvalue weighted by atomic mass is 9.83. The van der Waals surface area contributed by atoms with Crippen molar-refractivity contribution in [3.8, 4) is 0 Å². The average molecular weight is 332 g/mol. The van der Waals surface area contributed by atoms with Crippen LogP contribution in [0.2, 0.25) is 0 Å². The molecule has 2 fully saturated rings. The molecule has 5 nitrogen and oxygen atoms in total. The molecule has 1 atom stereocenters. The van der Waals surface area contributed by atoms with Crippen LogP contribution in [0.5, 0.6) is 0 Å². The summed E-state index contributed by atoms with van der Waals surface area (Å²) in [4.78, 5) is 17.2. The van der Waals surface area contributed by atoms with E-state index < -0.39 is 0 Å². The lowest BCUT2D eigenvalue weighted by Crippen LogP contribution is -2.39. The smallest absolute Gasteiger partial charge is 0.244 e. The van der Waals surface area contributed by atoms with Gasteiger partial charge in [0.05, 0.1) is 5.69 Å². The first-order valence-corrected chi connectivity index (χ1v) is 9.51. The fourth-order valence-electron chi connectivity index (χ4n) is 4.31. The molecule has 1 unspecified atom stereocenters. The van der Waals surface area contributed by atoms with Gasteiger partial charge in [0.15, 0.2) is 0 Å². The number of carbonyl (C=O) groups is 1. The number of aryl methyl sites for hydroxylation is 1. The van der Waals surface area contributed by atoms with E-state index in [1.54, 1.807) is 4.68 Å². The number of hydrogen-bond donors (Lipinski definition) is 0. The summed E-state index contributed by atoms with van der Waals surface area (Å²) >= 11 is 0. The first kappa shape index (κ1) is 17.5. The Labute approximate surface area is 146 Å². The molecule has 1 aromatic rings. The molecule has 2 aliphatic heterocycles. The van der Waals surface area contributed by atoms with E-state index in [-0.39, 0.29) is 5.91 Å². The molecule has 5 heteroatoms. The zero-order chi connectivity index (χ0) is 17.1. The minimum Gasteiger partial charge on any atom is -0.341 e. The molecule has 0 aliphatic carbocycles. The van der Waals surface area contributed by atoms with Crippen molar-refractivity contribution in [2.24, 2.45) is 17.8 Å². The second-order valence-electron chi connectivity index (χ2n) is 8.08. The summed E-state index contributed by atoms with van der Waals surface area (Å²) in [5.74, 6) is 2.48. The minimum atomic E-state index is 0.220. The maximum absolute atomic E-state index is 12.5. The second kappa shape index (κ2) is 7.68. The van der Waals surface area contributed by atoms with Crippen LogP contribution in [-0.4, -0.2) is 58.2 Å². The number of rotatable bonds is 5. The maximum Gasteiger partial charge on any atom is 0.244 e. The van der Waals surface area contributed by atoms with Gasteiger partial charge < -0.3 is 9.80 Å². The van der Waals surface area contributed by atoms with Crippen molar-refractivity contribution in [1.82, 2.24) is 19.6 Å². The van der Waals surface area contributed by atoms with Crippen molar-refractivity contribution in [3.63, 3.8) is 0 Å². The predicted molar refractivity (Wildman–Crippen MR) is 95.7 cm³/mol. The summed E-state index contributed by atoms with van der Waals surface area (Å²) in [6, 6.07) is 1.95. The minimum absolute atomic E-state index is 0.220. The van der Waals surface area contributed by atoms with Crippen molar-refractivity contribution in [2.75, 3.05) is 32.7 Å². The highest BCUT2D eigenvalue weighted by atomic mass is 16.2. The topological polar surface area (TPSA) is 41.4 Å². The number of piperidine rings is 1. The van der Waals surface area contributed by atoms with Gasteiger partial charge in [-0.1, -0.05) is 13.8 Å². The first-order chi connectivity index (χ1) is 11.5. The Hall–Kier alpha value is -1.36. The van der Waals surface area contributed by atoms with E-state index in [1.807, 2.05) is 19.2 Å². The molecule has 24 heavy (non-hydrogen) atoms. The van der Waals surface area contributed by atoms with Crippen LogP contribution in [-0.2, 0) is 11.3 Å². The Morgan fingerprint density at radius 2 is 1.92 bits per heavy atom. The first-order valence-electron chi connectivity index (χ1n) is 9.51. The third kappa shape index (κ3) is 4.38. The Bertz CT molecular complexity index is 545. The molecule has 0 bridgehead atoms. The van der Waals surface area contributed by atoms with Crippen molar-refractivity contribution < 1.29 is 4.79 Å². The number of carbonyl (C=O) groups excluding carboxylic acids is 1. The molecule has 2 saturated heterocycles. The van der Waals surface area contributed by atoms with Gasteiger partial charge in [-0.25, -0.2) is 0 Å². The molecule has 1 amide bonds. The van der Waals surface area contributed by atoms with Crippen LogP contribution in [0.1, 0.15) is 38.8 Å². The molecule has 3 rings (SSSR count). The highest BCUT2D eigenvalue weighted by molar-refractivity contribution is 5.76. The Morgan fingerprint density at radius 1 is 1.21 bits per heavy atom. The number of aromatic nitrogens is 2. The third-order valence-corrected chi connectivity index (χ3v) is 5.57. The summed E-state index contributed by atoms with van der Waals surface area (Å²) in [5, 5.41) is 4.33. The number of hydrogen-bond acceptors (Lipinski definition) is 3. The molecular formula is C19H32N4O. The van der Waals surface area contributed by atoms with Gasteiger partial charge in [0, 0.05) is 25.8 Å². The van der Waals surface area contributed by atoms with Crippen LogP contribution >= 0.6 is 0 Å². The summed E-state index contributed by atoms with van der Waals surface area (Å²) in [7, 11) is 0. The van der Waals surface area contributed by atoms with Gasteiger partial charge in [-0.3, -0.25) is 9.48 Å². The molecule has 134 valence electrons. The zero-order valence-corrected chi connectivity index (χ0v) is 15.4. The van der Waals surface area contributed by atoms with Crippen LogP contribution in [0.4, 0.5) is 0 Å². The molecule has 0 N–H and O–H groups in total. The quantitative estimate of drug-likeness (QED) is 0.831. The highest BCUT2D eigenvalue weighted by Crippen LogP contribution is 2.32. The Morgan fingerprint density at radius 3 is 2.54 bits per heavy atom. The third-order valence-electron chi connectivity index (χ3n) is 5.57. The van der Waals surface area contributed by atoms with Gasteiger partial charge >= 0.3 is 0 Å². The monoisotopic (exact) mass is 332 g/mol. The van der Waals surface area contributed by atoms with Crippen LogP contribution in [0.3, 0.4) is 0 Å². The average Bonchev–Trinajstić information content (AvgIpc) is 3.17. The van der Waals surface area contributed by atoms with Gasteiger partial charge in [-0.05, 0) is 63.1 Å². The van der Waals surface area contributed by atoms with E-state index in [1.165, 1.54) is 38.9 Å². The Kier molecular flexibility index (Phi) is 5.59. The van der Waals surface area contributed by atoms with E-state index in [9.17, 15) is 4.79 Å². The molecule has 3 heterocycles. The summed E-state index contributed by atoms with van der Waals surface area (Å²) in [6.07, 6.45) is 5.68. The summed E-state index contributed by atoms with van der Waals surface area (Å²) in [6.45, 7) is 12.5. The van der Waals surface area contributed by atoms with Gasteiger partial charge in [0.25, 0.3) is 0 Å². The number of amides is 1. The molecule has 0 aromatic carbocycles. The highest BCUT2D eigenvalue weighted by Gasteiger charge is 2.33. The fourth-order valence-corrected chi connectivity index (χ4v) is 4.31. The molecule has 0 spiro atoms. The van der Waals surface area contributed by atoms with Crippen molar-refractivity contribution in [2.45, 2.75) is 46.6 Å². The van der Waals surface area contributed by atoms with Crippen molar-refractivity contribution in [1.29, 1.82) is 0 Å². The standard InChI is InChI=1S/C19H32N4O/c1-15(2)12-21-8-5-17(6-9-21)18-7-10-22(13-18)19(24)14-23-11-4-16(3)20-23/h4,11,15,17-18H,5-10,12-14H2,1-3H3. The van der Waals surface area contributed by atoms with Gasteiger partial charge in [0.2, 0.25) is 5.91 Å². The second-order valence-corrected chi connectivity index (χ2v) is 8.08. The van der Waals surface area contributed by atoms with Crippen LogP contribution in [0, 0.1) is 24.7 Å². The van der Waals surface area contributed by atoms with Crippen LogP contribution in [0.15, 0.2) is 12.3 Å². The number of likely N-dealkylation sites (tertiary alicyclic amines) is 2. The summed E-state index contributed by atoms with van der Waals surface area (Å²) in [5.41, 5.74) is 0.968. The fraction of sp³-hybridized carbons (Fsp3) is 0.789. The van der Waals surface area contributed by atoms with Crippen LogP contribution in [0.25, 0.3) is 0 Å². The van der Waals surface area contributed by atoms with Crippen molar-refractivity contribution in [3.05, 3.63) is 18.0 Å². The normalized spacial score (nSPS) is 23.3. The van der Waals surface area contributed by atoms with E-state index in [2.05, 4.69) is 28.7 Å². The molecule has 0 radical (unpaired) electrons. The van der Waals surface area contributed by atoms with E-state index in [0.29, 0.717) is 12.5 Å². The van der Waals surface area contributed by atoms with E-state index in [0.717, 1.165) is 30.6 Å². The van der Waals surface area contributed by atoms with E-state index in [4.69, 9.17) is 0 Å². The Balaban J connectivity index is 1.45. The lowest BCUT2D eigenvalue weighted by Gasteiger charge is -2.35. The largest absolute Gasteiger partial charge is 0.341 e. The molecule has 0 saturated carbocycles. The maximum atomic E-state index is 12.5. The van der Waals surface area contributed by atoms with Crippen LogP contribution < -0.4 is 0 Å². The van der Waals surface area contributed by atoms with Crippen molar-refractivity contribution >= 4 is 5.91 Å². The zero-order valence-electron chi connectivity index (χ0n) is 15.4. The lowest BCUT2D eigenvalue weighted by molar-refractivity contribution is -0.131. The summed E-state index contributed by atoms with van der Waals surface area (Å²) < 4.78 is 1.76. The van der Waals surface area contributed by atoms with Gasteiger partial charge in [0.1, 0.15) is 6.54 Å². The van der Waals surface area contributed by atoms with Gasteiger partial charge in [-0.2, -0.15) is 5.10 Å². The number of nitrogens with zero attached hydrogens (tertiary/aromatic N) is 4. The molecular weight excluding hydrogens is 300 g/mol. The van der Waals surface area contributed by atoms with Gasteiger partial charge in [-0.15, -0.1) is 0 Å². The molecule has 2 aliphatic rings. The molecule has 1 aromatic heterocycles.